The Morgan fingerprint density at radius 3 is 1.20 bits per heavy atom. The van der Waals surface area contributed by atoms with Crippen LogP contribution in [-0.4, -0.2) is 23.9 Å². The zero-order valence-corrected chi connectivity index (χ0v) is 10.1. The second-order valence-electron chi connectivity index (χ2n) is 0. The molecule has 0 bridgehead atoms. The third kappa shape index (κ3) is 20.0. The van der Waals surface area contributed by atoms with Gasteiger partial charge >= 0.3 is 24.9 Å². The van der Waals surface area contributed by atoms with Crippen LogP contribution in [0.15, 0.2) is 0 Å². The largest absolute Gasteiger partial charge is 0 e. The van der Waals surface area contributed by atoms with E-state index in [0.717, 1.165) is 0 Å². The Bertz CT molecular complexity index is 11.6. The van der Waals surface area contributed by atoms with Gasteiger partial charge in [0, 0.05) is 63.5 Å². The minimum absolute atomic E-state index is 0. The maximum absolute atomic E-state index is 3.77. The molecule has 0 atom stereocenters. The van der Waals surface area contributed by atoms with Crippen molar-refractivity contribution >= 4 is 34.5 Å². The van der Waals surface area contributed by atoms with E-state index < -0.39 is 0 Å². The first-order valence-electron chi connectivity index (χ1n) is 0.123. The summed E-state index contributed by atoms with van der Waals surface area (Å²) in [5.74, 6) is 0. The van der Waals surface area contributed by atoms with Crippen LogP contribution in [0.25, 0.3) is 0 Å². The van der Waals surface area contributed by atoms with Crippen LogP contribution in [0.5, 0.6) is 0 Å². The second kappa shape index (κ2) is 29.1. The third-order valence-electron chi connectivity index (χ3n) is 0. The molecule has 0 saturated heterocycles. The summed E-state index contributed by atoms with van der Waals surface area (Å²) in [7, 11) is 3.65. The fourth-order valence-electron chi connectivity index (χ4n) is 0. The topological polar surface area (TPSA) is 0 Å². The first-order chi connectivity index (χ1) is 1.00. The predicted octanol–water partition coefficient (Wildman–Crippen LogP) is 0.260. The quantitative estimate of drug-likeness (QED) is 0.558. The van der Waals surface area contributed by atoms with E-state index in [4.69, 9.17) is 0 Å². The van der Waals surface area contributed by atoms with Gasteiger partial charge in [-0.2, -0.15) is 0 Å². The van der Waals surface area contributed by atoms with Gasteiger partial charge in [0.05, 0.1) is 0 Å². The van der Waals surface area contributed by atoms with Crippen molar-refractivity contribution in [1.29, 1.82) is 0 Å². The van der Waals surface area contributed by atoms with E-state index in [1.807, 2.05) is 0 Å². The number of rotatable bonds is 0. The van der Waals surface area contributed by atoms with Gasteiger partial charge in [0.15, 0.2) is 0 Å². The van der Waals surface area contributed by atoms with Crippen molar-refractivity contribution in [3.05, 3.63) is 0 Å². The monoisotopic (exact) mass is 364 g/mol. The van der Waals surface area contributed by atoms with E-state index in [1.165, 1.54) is 0 Å². The summed E-state index contributed by atoms with van der Waals surface area (Å²) in [5.41, 5.74) is 0. The van der Waals surface area contributed by atoms with E-state index in [-0.39, 0.29) is 63.5 Å². The molecule has 32 valence electrons. The Kier molecular flexibility index (Phi) is 145. The van der Waals surface area contributed by atoms with E-state index >= 15 is 0 Å². The summed E-state index contributed by atoms with van der Waals surface area (Å²) in [5, 5.41) is 0. The average molecular weight is 361 g/mol. The van der Waals surface area contributed by atoms with Crippen LogP contribution in [0.1, 0.15) is 0 Å². The molecule has 0 aliphatic heterocycles. The van der Waals surface area contributed by atoms with Crippen LogP contribution < -0.4 is 0 Å². The molecule has 0 unspecified atom stereocenters. The molecule has 0 rings (SSSR count). The summed E-state index contributed by atoms with van der Waals surface area (Å²) in [6, 6.07) is 0. The first-order valence-corrected chi connectivity index (χ1v) is 1.52. The Hall–Kier alpha value is 2.81. The van der Waals surface area contributed by atoms with Gasteiger partial charge in [-0.3, -0.25) is 0 Å². The molecule has 0 saturated carbocycles. The first kappa shape index (κ1) is 24.9. The minimum Gasteiger partial charge on any atom is 0 e. The molecule has 0 aromatic heterocycles. The molecule has 5 heavy (non-hydrogen) atoms. The van der Waals surface area contributed by atoms with Crippen LogP contribution in [0, 0.1) is 0 Å². The van der Waals surface area contributed by atoms with Crippen LogP contribution in [0.4, 0.5) is 0 Å². The number of hydrogen-bond acceptors (Lipinski definition) is 1. The SMILES string of the molecule is [Mo].[S]=[Cu].[Sn].[V]. The molecule has 0 aromatic carbocycles. The van der Waals surface area contributed by atoms with Gasteiger partial charge in [-0.15, -0.1) is 0 Å². The zero-order valence-electron chi connectivity index (χ0n) is 2.07. The molecule has 5 heteroatoms. The Morgan fingerprint density at radius 1 is 1.20 bits per heavy atom. The van der Waals surface area contributed by atoms with E-state index in [0.29, 0.717) is 0 Å². The maximum atomic E-state index is 3.77. The van der Waals surface area contributed by atoms with Crippen molar-refractivity contribution in [3.8, 4) is 0 Å². The van der Waals surface area contributed by atoms with Crippen molar-refractivity contribution in [2.24, 2.45) is 0 Å². The van der Waals surface area contributed by atoms with Crippen molar-refractivity contribution in [2.75, 3.05) is 0 Å². The van der Waals surface area contributed by atoms with Crippen LogP contribution in [-0.2, 0) is 54.0 Å². The van der Waals surface area contributed by atoms with Gasteiger partial charge in [-0.25, -0.2) is 0 Å². The average Bonchev–Trinajstić information content (AvgIpc) is 1.00. The van der Waals surface area contributed by atoms with Crippen molar-refractivity contribution in [2.45, 2.75) is 0 Å². The molecule has 0 nitrogen and oxygen atoms in total. The second-order valence-corrected chi connectivity index (χ2v) is 0. The summed E-state index contributed by atoms with van der Waals surface area (Å²) < 4.78 is 0. The zero-order chi connectivity index (χ0) is 2.00. The minimum atomic E-state index is 0. The smallest absolute Gasteiger partial charge is 0 e. The van der Waals surface area contributed by atoms with Crippen LogP contribution >= 0.6 is 10.6 Å². The predicted molar refractivity (Wildman–Crippen MR) is 13.3 cm³/mol. The molecule has 0 aliphatic rings. The van der Waals surface area contributed by atoms with Crippen molar-refractivity contribution in [1.82, 2.24) is 0 Å². The van der Waals surface area contributed by atoms with Gasteiger partial charge in [0.25, 0.3) is 0 Å². The van der Waals surface area contributed by atoms with Crippen LogP contribution in [0.3, 0.4) is 0 Å². The Balaban J connectivity index is -0.00000000167. The van der Waals surface area contributed by atoms with Gasteiger partial charge in [-0.1, -0.05) is 0 Å². The molecular formula is CuMoSSnV. The molecule has 0 fully saturated rings. The fraction of sp³-hybridized carbons (Fsp3) is 0. The molecule has 0 heterocycles. The summed E-state index contributed by atoms with van der Waals surface area (Å²) >= 11 is 3.77. The van der Waals surface area contributed by atoms with Crippen molar-refractivity contribution in [3.63, 3.8) is 0 Å². The maximum Gasteiger partial charge on any atom is 0 e. The standard InChI is InChI=1S/Cu.Mo.S.Sn.V. The molecular weight excluding hydrogens is 361 g/mol. The van der Waals surface area contributed by atoms with Gasteiger partial charge in [0.1, 0.15) is 0 Å². The molecule has 5 radical (unpaired) electrons. The van der Waals surface area contributed by atoms with Gasteiger partial charge in [0.2, 0.25) is 0 Å². The Labute approximate surface area is 87.0 Å². The number of hydrogen-bond donors (Lipinski definition) is 0. The molecule has 0 aliphatic carbocycles. The fourth-order valence-corrected chi connectivity index (χ4v) is 0. The van der Waals surface area contributed by atoms with E-state index in [2.05, 4.69) is 24.9 Å². The summed E-state index contributed by atoms with van der Waals surface area (Å²) in [6.07, 6.45) is 0. The molecule has 0 N–H and O–H groups in total. The Morgan fingerprint density at radius 2 is 1.20 bits per heavy atom. The molecule has 0 amide bonds. The normalized spacial score (nSPS) is 1.20. The summed E-state index contributed by atoms with van der Waals surface area (Å²) in [6.45, 7) is 0. The van der Waals surface area contributed by atoms with Crippen molar-refractivity contribution < 1.29 is 54.0 Å². The van der Waals surface area contributed by atoms with Gasteiger partial charge in [-0.05, 0) is 0 Å². The van der Waals surface area contributed by atoms with Crippen LogP contribution in [0.2, 0.25) is 0 Å². The third-order valence-corrected chi connectivity index (χ3v) is 0. The van der Waals surface area contributed by atoms with E-state index in [9.17, 15) is 0 Å². The van der Waals surface area contributed by atoms with E-state index in [1.54, 1.807) is 0 Å². The summed E-state index contributed by atoms with van der Waals surface area (Å²) in [4.78, 5) is 0. The molecule has 0 spiro atoms. The molecule has 0 aromatic rings. The van der Waals surface area contributed by atoms with Gasteiger partial charge < -0.3 is 0 Å².